The fourth-order valence-corrected chi connectivity index (χ4v) is 1.85. The third kappa shape index (κ3) is 1.46. The molecule has 0 amide bonds. The van der Waals surface area contributed by atoms with Gasteiger partial charge >= 0.3 is 0 Å². The average Bonchev–Trinajstić information content (AvgIpc) is 2.75. The molecule has 0 aliphatic rings. The normalized spacial score (nSPS) is 13.1. The van der Waals surface area contributed by atoms with Gasteiger partial charge in [-0.15, -0.1) is 5.10 Å². The smallest absolute Gasteiger partial charge is 0.153 e. The minimum Gasteiger partial charge on any atom is -0.472 e. The Morgan fingerprint density at radius 1 is 1.64 bits per heavy atom. The molecule has 2 heterocycles. The van der Waals surface area contributed by atoms with Crippen LogP contribution in [0.2, 0.25) is 0 Å². The van der Waals surface area contributed by atoms with Crippen molar-refractivity contribution in [2.45, 2.75) is 6.04 Å². The lowest BCUT2D eigenvalue weighted by atomic mass is 10.1. The van der Waals surface area contributed by atoms with Crippen molar-refractivity contribution in [2.75, 3.05) is 0 Å². The second-order valence-corrected chi connectivity index (χ2v) is 3.67. The Morgan fingerprint density at radius 3 is 2.93 bits per heavy atom. The molecule has 0 aliphatic heterocycles. The van der Waals surface area contributed by atoms with Crippen molar-refractivity contribution < 1.29 is 4.42 Å². The second kappa shape index (κ2) is 3.55. The minimum atomic E-state index is -0.275. The van der Waals surface area contributed by atoms with E-state index in [0.717, 1.165) is 11.3 Å². The number of hydrogen-bond acceptors (Lipinski definition) is 4. The SMILES string of the molecule is Cn1nnc(Br)c1C(N)c1ccoc1. The largest absolute Gasteiger partial charge is 0.472 e. The Labute approximate surface area is 89.0 Å². The van der Waals surface area contributed by atoms with E-state index in [1.807, 2.05) is 6.07 Å². The molecule has 1 unspecified atom stereocenters. The number of aromatic nitrogens is 3. The summed E-state index contributed by atoms with van der Waals surface area (Å²) in [5.74, 6) is 0. The fourth-order valence-electron chi connectivity index (χ4n) is 1.28. The Kier molecular flexibility index (Phi) is 2.39. The van der Waals surface area contributed by atoms with Crippen LogP contribution in [0.5, 0.6) is 0 Å². The maximum Gasteiger partial charge on any atom is 0.153 e. The summed E-state index contributed by atoms with van der Waals surface area (Å²) < 4.78 is 7.27. The zero-order valence-corrected chi connectivity index (χ0v) is 9.10. The first-order valence-electron chi connectivity index (χ1n) is 4.03. The molecule has 0 aromatic carbocycles. The van der Waals surface area contributed by atoms with Gasteiger partial charge in [-0.3, -0.25) is 0 Å². The molecule has 2 aromatic heterocycles. The fraction of sp³-hybridized carbons (Fsp3) is 0.250. The number of nitrogens with two attached hydrogens (primary N) is 1. The number of halogens is 1. The summed E-state index contributed by atoms with van der Waals surface area (Å²) in [6, 6.07) is 1.55. The maximum atomic E-state index is 6.02. The molecule has 0 radical (unpaired) electrons. The summed E-state index contributed by atoms with van der Waals surface area (Å²) in [4.78, 5) is 0. The molecule has 0 aliphatic carbocycles. The highest BCUT2D eigenvalue weighted by Crippen LogP contribution is 2.24. The van der Waals surface area contributed by atoms with E-state index in [0.29, 0.717) is 4.60 Å². The molecule has 2 aromatic rings. The topological polar surface area (TPSA) is 69.9 Å². The average molecular weight is 257 g/mol. The van der Waals surface area contributed by atoms with Crippen molar-refractivity contribution >= 4 is 15.9 Å². The molecule has 2 N–H and O–H groups in total. The third-order valence-electron chi connectivity index (χ3n) is 2.02. The summed E-state index contributed by atoms with van der Waals surface area (Å²) in [5.41, 5.74) is 7.74. The molecule has 2 rings (SSSR count). The van der Waals surface area contributed by atoms with Crippen molar-refractivity contribution in [1.82, 2.24) is 15.0 Å². The predicted octanol–water partition coefficient (Wildman–Crippen LogP) is 1.22. The Hall–Kier alpha value is -1.14. The van der Waals surface area contributed by atoms with E-state index in [9.17, 15) is 0 Å². The molecular weight excluding hydrogens is 248 g/mol. The van der Waals surface area contributed by atoms with Gasteiger partial charge in [0, 0.05) is 12.6 Å². The standard InChI is InChI=1S/C8H9BrN4O/c1-13-7(8(9)11-12-13)6(10)5-2-3-14-4-5/h2-4,6H,10H2,1H3. The lowest BCUT2D eigenvalue weighted by Crippen LogP contribution is -2.15. The molecular formula is C8H9BrN4O. The Bertz CT molecular complexity index is 403. The molecule has 0 saturated heterocycles. The molecule has 0 spiro atoms. The van der Waals surface area contributed by atoms with Crippen molar-refractivity contribution in [1.29, 1.82) is 0 Å². The summed E-state index contributed by atoms with van der Waals surface area (Å²) in [6.45, 7) is 0. The molecule has 5 nitrogen and oxygen atoms in total. The molecule has 0 saturated carbocycles. The highest BCUT2D eigenvalue weighted by atomic mass is 79.9. The van der Waals surface area contributed by atoms with Gasteiger partial charge in [0.1, 0.15) is 0 Å². The Balaban J connectivity index is 2.41. The number of hydrogen-bond donors (Lipinski definition) is 1. The molecule has 0 fully saturated rings. The minimum absolute atomic E-state index is 0.275. The van der Waals surface area contributed by atoms with Gasteiger partial charge in [0.2, 0.25) is 0 Å². The van der Waals surface area contributed by atoms with Crippen LogP contribution < -0.4 is 5.73 Å². The van der Waals surface area contributed by atoms with Crippen LogP contribution in [0.25, 0.3) is 0 Å². The van der Waals surface area contributed by atoms with E-state index in [-0.39, 0.29) is 6.04 Å². The zero-order valence-electron chi connectivity index (χ0n) is 7.51. The monoisotopic (exact) mass is 256 g/mol. The molecule has 6 heteroatoms. The summed E-state index contributed by atoms with van der Waals surface area (Å²) in [5, 5.41) is 7.72. The van der Waals surface area contributed by atoms with Crippen LogP contribution >= 0.6 is 15.9 Å². The van der Waals surface area contributed by atoms with E-state index in [2.05, 4.69) is 26.2 Å². The summed E-state index contributed by atoms with van der Waals surface area (Å²) >= 11 is 3.30. The van der Waals surface area contributed by atoms with Gasteiger partial charge in [0.15, 0.2) is 4.60 Å². The van der Waals surface area contributed by atoms with Crippen molar-refractivity contribution in [3.63, 3.8) is 0 Å². The molecule has 0 bridgehead atoms. The van der Waals surface area contributed by atoms with E-state index in [4.69, 9.17) is 10.2 Å². The number of nitrogens with zero attached hydrogens (tertiary/aromatic N) is 3. The van der Waals surface area contributed by atoms with Crippen LogP contribution in [-0.2, 0) is 7.05 Å². The molecule has 14 heavy (non-hydrogen) atoms. The van der Waals surface area contributed by atoms with Gasteiger partial charge < -0.3 is 10.2 Å². The van der Waals surface area contributed by atoms with Crippen molar-refractivity contribution in [3.8, 4) is 0 Å². The number of rotatable bonds is 2. The van der Waals surface area contributed by atoms with E-state index >= 15 is 0 Å². The zero-order chi connectivity index (χ0) is 10.1. The quantitative estimate of drug-likeness (QED) is 0.878. The summed E-state index contributed by atoms with van der Waals surface area (Å²) in [7, 11) is 1.80. The van der Waals surface area contributed by atoms with Gasteiger partial charge in [-0.2, -0.15) is 0 Å². The second-order valence-electron chi connectivity index (χ2n) is 2.92. The van der Waals surface area contributed by atoms with E-state index in [1.165, 1.54) is 0 Å². The van der Waals surface area contributed by atoms with Gasteiger partial charge in [0.25, 0.3) is 0 Å². The predicted molar refractivity (Wildman–Crippen MR) is 53.4 cm³/mol. The highest BCUT2D eigenvalue weighted by molar-refractivity contribution is 9.10. The lowest BCUT2D eigenvalue weighted by Gasteiger charge is -2.08. The molecule has 74 valence electrons. The first-order valence-corrected chi connectivity index (χ1v) is 4.82. The highest BCUT2D eigenvalue weighted by Gasteiger charge is 2.18. The van der Waals surface area contributed by atoms with Gasteiger partial charge in [-0.25, -0.2) is 4.68 Å². The van der Waals surface area contributed by atoms with E-state index < -0.39 is 0 Å². The van der Waals surface area contributed by atoms with Crippen LogP contribution in [-0.4, -0.2) is 15.0 Å². The van der Waals surface area contributed by atoms with Crippen LogP contribution in [0.4, 0.5) is 0 Å². The lowest BCUT2D eigenvalue weighted by molar-refractivity contribution is 0.559. The van der Waals surface area contributed by atoms with E-state index in [1.54, 1.807) is 24.3 Å². The number of aryl methyl sites for hydroxylation is 1. The molecule has 1 atom stereocenters. The van der Waals surface area contributed by atoms with Gasteiger partial charge in [0.05, 0.1) is 24.3 Å². The van der Waals surface area contributed by atoms with Crippen LogP contribution in [0.3, 0.4) is 0 Å². The first-order chi connectivity index (χ1) is 6.70. The van der Waals surface area contributed by atoms with Crippen LogP contribution in [0.1, 0.15) is 17.3 Å². The van der Waals surface area contributed by atoms with Gasteiger partial charge in [-0.1, -0.05) is 5.21 Å². The van der Waals surface area contributed by atoms with Crippen molar-refractivity contribution in [3.05, 3.63) is 34.5 Å². The van der Waals surface area contributed by atoms with Crippen LogP contribution in [0, 0.1) is 0 Å². The first kappa shape index (κ1) is 9.42. The van der Waals surface area contributed by atoms with Gasteiger partial charge in [-0.05, 0) is 22.0 Å². The van der Waals surface area contributed by atoms with Crippen LogP contribution in [0.15, 0.2) is 27.6 Å². The van der Waals surface area contributed by atoms with Crippen molar-refractivity contribution in [2.24, 2.45) is 12.8 Å². The Morgan fingerprint density at radius 2 is 2.43 bits per heavy atom. The maximum absolute atomic E-state index is 6.02. The summed E-state index contributed by atoms with van der Waals surface area (Å²) in [6.07, 6.45) is 3.21. The number of furan rings is 1. The third-order valence-corrected chi connectivity index (χ3v) is 2.59.